The van der Waals surface area contributed by atoms with Crippen molar-refractivity contribution in [3.8, 4) is 11.5 Å². The Morgan fingerprint density at radius 3 is 2.73 bits per heavy atom. The van der Waals surface area contributed by atoms with Crippen molar-refractivity contribution < 1.29 is 19.3 Å². The monoisotopic (exact) mass is 535 g/mol. The second-order valence-electron chi connectivity index (χ2n) is 7.42. The molecule has 1 aromatic carbocycles. The van der Waals surface area contributed by atoms with Gasteiger partial charge in [0.25, 0.3) is 0 Å². The van der Waals surface area contributed by atoms with E-state index in [0.29, 0.717) is 19.8 Å². The number of halogens is 1. The Hall–Kier alpha value is -1.26. The number of guanidine groups is 1. The minimum atomic E-state index is -0.0319. The van der Waals surface area contributed by atoms with E-state index in [1.165, 1.54) is 5.56 Å². The fourth-order valence-electron chi connectivity index (χ4n) is 3.52. The summed E-state index contributed by atoms with van der Waals surface area (Å²) in [5.41, 5.74) is 1.19. The molecule has 1 heterocycles. The third-order valence-corrected chi connectivity index (χ3v) is 5.21. The molecule has 1 aromatic rings. The van der Waals surface area contributed by atoms with E-state index in [-0.39, 0.29) is 36.0 Å². The molecule has 0 bridgehead atoms. The lowest BCUT2D eigenvalue weighted by molar-refractivity contribution is 0.131. The first-order chi connectivity index (χ1) is 14.2. The SMILES string of the molecule is CCNC(=NCC1(CCO)CCOC1)NCCCc1ccc(OC)c(OCC)c1.I. The molecule has 8 heteroatoms. The van der Waals surface area contributed by atoms with Crippen LogP contribution in [0.3, 0.4) is 0 Å². The highest BCUT2D eigenvalue weighted by molar-refractivity contribution is 14.0. The number of aryl methyl sites for hydroxylation is 1. The average Bonchev–Trinajstić information content (AvgIpc) is 3.19. The molecule has 172 valence electrons. The van der Waals surface area contributed by atoms with Gasteiger partial charge in [0.15, 0.2) is 17.5 Å². The number of aliphatic hydroxyl groups is 1. The first kappa shape index (κ1) is 26.8. The van der Waals surface area contributed by atoms with Crippen molar-refractivity contribution in [1.82, 2.24) is 10.6 Å². The Bertz CT molecular complexity index is 637. The molecule has 30 heavy (non-hydrogen) atoms. The molecule has 1 fully saturated rings. The predicted molar refractivity (Wildman–Crippen MR) is 131 cm³/mol. The molecule has 0 aliphatic carbocycles. The molecule has 1 saturated heterocycles. The zero-order valence-electron chi connectivity index (χ0n) is 18.5. The molecule has 7 nitrogen and oxygen atoms in total. The Kier molecular flexibility index (Phi) is 13.1. The van der Waals surface area contributed by atoms with Crippen LogP contribution in [0, 0.1) is 5.41 Å². The highest BCUT2D eigenvalue weighted by Gasteiger charge is 2.34. The highest BCUT2D eigenvalue weighted by atomic mass is 127. The highest BCUT2D eigenvalue weighted by Crippen LogP contribution is 2.32. The third kappa shape index (κ3) is 8.47. The number of benzene rings is 1. The van der Waals surface area contributed by atoms with Crippen molar-refractivity contribution in [2.45, 2.75) is 39.5 Å². The van der Waals surface area contributed by atoms with E-state index < -0.39 is 0 Å². The third-order valence-electron chi connectivity index (χ3n) is 5.21. The summed E-state index contributed by atoms with van der Waals surface area (Å²) in [4.78, 5) is 4.76. The van der Waals surface area contributed by atoms with Gasteiger partial charge in [-0.1, -0.05) is 6.07 Å². The average molecular weight is 535 g/mol. The number of aliphatic hydroxyl groups excluding tert-OH is 1. The quantitative estimate of drug-likeness (QED) is 0.165. The number of methoxy groups -OCH3 is 1. The summed E-state index contributed by atoms with van der Waals surface area (Å²) in [5.74, 6) is 2.38. The number of hydrogen-bond acceptors (Lipinski definition) is 5. The molecule has 1 atom stereocenters. The minimum absolute atomic E-state index is 0. The smallest absolute Gasteiger partial charge is 0.191 e. The Balaban J connectivity index is 0.00000450. The van der Waals surface area contributed by atoms with E-state index in [2.05, 4.69) is 29.7 Å². The fourth-order valence-corrected chi connectivity index (χ4v) is 3.52. The normalized spacial score (nSPS) is 18.6. The maximum absolute atomic E-state index is 9.38. The van der Waals surface area contributed by atoms with Crippen LogP contribution in [0.1, 0.15) is 38.7 Å². The zero-order chi connectivity index (χ0) is 21.0. The van der Waals surface area contributed by atoms with Gasteiger partial charge in [-0.25, -0.2) is 0 Å². The van der Waals surface area contributed by atoms with E-state index in [1.54, 1.807) is 7.11 Å². The predicted octanol–water partition coefficient (Wildman–Crippen LogP) is 2.99. The van der Waals surface area contributed by atoms with Gasteiger partial charge in [-0.2, -0.15) is 0 Å². The second-order valence-corrected chi connectivity index (χ2v) is 7.42. The number of nitrogens with one attached hydrogen (secondary N) is 2. The first-order valence-corrected chi connectivity index (χ1v) is 10.7. The van der Waals surface area contributed by atoms with E-state index in [4.69, 9.17) is 19.2 Å². The van der Waals surface area contributed by atoms with E-state index in [9.17, 15) is 5.11 Å². The van der Waals surface area contributed by atoms with Crippen LogP contribution in [0.2, 0.25) is 0 Å². The molecule has 0 spiro atoms. The van der Waals surface area contributed by atoms with Crippen molar-refractivity contribution in [2.24, 2.45) is 10.4 Å². The maximum atomic E-state index is 9.38. The standard InChI is InChI=1S/C22H37N3O4.HI/c1-4-23-21(25-16-22(10-13-26)11-14-28-17-22)24-12-6-7-18-8-9-19(27-3)20(15-18)29-5-2;/h8-9,15,26H,4-7,10-14,16-17H2,1-3H3,(H2,23,24,25);1H. The zero-order valence-corrected chi connectivity index (χ0v) is 20.9. The molecule has 1 unspecified atom stereocenters. The van der Waals surface area contributed by atoms with E-state index >= 15 is 0 Å². The second kappa shape index (κ2) is 14.7. The largest absolute Gasteiger partial charge is 0.493 e. The van der Waals surface area contributed by atoms with Crippen LogP contribution in [0.4, 0.5) is 0 Å². The van der Waals surface area contributed by atoms with Crippen molar-refractivity contribution in [2.75, 3.05) is 53.2 Å². The number of rotatable bonds is 12. The van der Waals surface area contributed by atoms with Crippen LogP contribution in [-0.4, -0.2) is 64.2 Å². The Morgan fingerprint density at radius 1 is 1.27 bits per heavy atom. The Morgan fingerprint density at radius 2 is 2.10 bits per heavy atom. The van der Waals surface area contributed by atoms with Crippen LogP contribution < -0.4 is 20.1 Å². The van der Waals surface area contributed by atoms with Gasteiger partial charge in [0, 0.05) is 31.7 Å². The lowest BCUT2D eigenvalue weighted by Crippen LogP contribution is -2.39. The molecular formula is C22H38IN3O4. The number of hydrogen-bond donors (Lipinski definition) is 3. The van der Waals surface area contributed by atoms with E-state index in [1.807, 2.05) is 13.0 Å². The topological polar surface area (TPSA) is 84.3 Å². The molecular weight excluding hydrogens is 497 g/mol. The number of nitrogens with zero attached hydrogens (tertiary/aromatic N) is 1. The minimum Gasteiger partial charge on any atom is -0.493 e. The lowest BCUT2D eigenvalue weighted by atomic mass is 9.84. The van der Waals surface area contributed by atoms with Crippen molar-refractivity contribution in [1.29, 1.82) is 0 Å². The van der Waals surface area contributed by atoms with Crippen LogP contribution in [-0.2, 0) is 11.2 Å². The van der Waals surface area contributed by atoms with Gasteiger partial charge in [0.2, 0.25) is 0 Å². The van der Waals surface area contributed by atoms with Crippen molar-refractivity contribution in [3.63, 3.8) is 0 Å². The summed E-state index contributed by atoms with van der Waals surface area (Å²) in [6.07, 6.45) is 3.61. The van der Waals surface area contributed by atoms with Crippen LogP contribution >= 0.6 is 24.0 Å². The number of ether oxygens (including phenoxy) is 3. The molecule has 0 saturated carbocycles. The van der Waals surface area contributed by atoms with Crippen LogP contribution in [0.5, 0.6) is 11.5 Å². The van der Waals surface area contributed by atoms with Crippen molar-refractivity contribution in [3.05, 3.63) is 23.8 Å². The van der Waals surface area contributed by atoms with Gasteiger partial charge in [0.05, 0.1) is 26.9 Å². The molecule has 2 rings (SSSR count). The Labute approximate surface area is 198 Å². The maximum Gasteiger partial charge on any atom is 0.191 e. The van der Waals surface area contributed by atoms with Gasteiger partial charge >= 0.3 is 0 Å². The molecule has 0 aromatic heterocycles. The lowest BCUT2D eigenvalue weighted by Gasteiger charge is -2.24. The first-order valence-electron chi connectivity index (χ1n) is 10.7. The summed E-state index contributed by atoms with van der Waals surface area (Å²) in [7, 11) is 1.66. The summed E-state index contributed by atoms with van der Waals surface area (Å²) in [5, 5.41) is 16.1. The summed E-state index contributed by atoms with van der Waals surface area (Å²) in [6, 6.07) is 6.10. The summed E-state index contributed by atoms with van der Waals surface area (Å²) < 4.78 is 16.6. The molecule has 1 aliphatic heterocycles. The van der Waals surface area contributed by atoms with Crippen LogP contribution in [0.15, 0.2) is 23.2 Å². The van der Waals surface area contributed by atoms with Crippen molar-refractivity contribution >= 4 is 29.9 Å². The van der Waals surface area contributed by atoms with Gasteiger partial charge in [0.1, 0.15) is 0 Å². The number of aliphatic imine (C=N–C) groups is 1. The van der Waals surface area contributed by atoms with E-state index in [0.717, 1.165) is 62.8 Å². The molecule has 1 aliphatic rings. The van der Waals surface area contributed by atoms with Gasteiger partial charge in [-0.3, -0.25) is 4.99 Å². The van der Waals surface area contributed by atoms with Crippen LogP contribution in [0.25, 0.3) is 0 Å². The fraction of sp³-hybridized carbons (Fsp3) is 0.682. The molecule has 0 amide bonds. The molecule has 3 N–H and O–H groups in total. The molecule has 0 radical (unpaired) electrons. The van der Waals surface area contributed by atoms with Gasteiger partial charge in [-0.15, -0.1) is 24.0 Å². The summed E-state index contributed by atoms with van der Waals surface area (Å²) >= 11 is 0. The van der Waals surface area contributed by atoms with Gasteiger partial charge < -0.3 is 30.0 Å². The summed E-state index contributed by atoms with van der Waals surface area (Å²) in [6.45, 7) is 8.56. The van der Waals surface area contributed by atoms with Gasteiger partial charge in [-0.05, 0) is 57.2 Å².